The summed E-state index contributed by atoms with van der Waals surface area (Å²) in [5.74, 6) is 0. The molecule has 3 nitrogen and oxygen atoms in total. The summed E-state index contributed by atoms with van der Waals surface area (Å²) in [6, 6.07) is 0. The molecule has 0 aromatic rings. The fourth-order valence-electron chi connectivity index (χ4n) is 0.848. The molecule has 0 N–H and O–H groups in total. The zero-order chi connectivity index (χ0) is 8.74. The van der Waals surface area contributed by atoms with Crippen LogP contribution in [0.3, 0.4) is 0 Å². The maximum absolute atomic E-state index is 5.44. The molecule has 0 bridgehead atoms. The molecule has 0 atom stereocenters. The molecular weight excluding hydrogens is 163 g/mol. The van der Waals surface area contributed by atoms with E-state index in [0.717, 1.165) is 6.16 Å². The van der Waals surface area contributed by atoms with Crippen LogP contribution in [0.25, 0.3) is 0 Å². The predicted octanol–water partition coefficient (Wildman–Crippen LogP) is 2.49. The van der Waals surface area contributed by atoms with E-state index in [-0.39, 0.29) is 0 Å². The molecule has 4 heteroatoms. The molecule has 0 fully saturated rings. The van der Waals surface area contributed by atoms with Crippen molar-refractivity contribution in [2.45, 2.75) is 20.8 Å². The van der Waals surface area contributed by atoms with E-state index >= 15 is 0 Å². The van der Waals surface area contributed by atoms with Crippen molar-refractivity contribution in [2.24, 2.45) is 0 Å². The van der Waals surface area contributed by atoms with E-state index < -0.39 is 7.94 Å². The fraction of sp³-hybridized carbons (Fsp3) is 1.00. The molecule has 0 aliphatic heterocycles. The maximum atomic E-state index is 5.44. The Morgan fingerprint density at radius 1 is 1.00 bits per heavy atom. The summed E-state index contributed by atoms with van der Waals surface area (Å²) in [6.45, 7) is 7.21. The van der Waals surface area contributed by atoms with Gasteiger partial charge in [-0.3, -0.25) is 0 Å². The Morgan fingerprint density at radius 3 is 1.64 bits per heavy atom. The molecule has 0 aliphatic carbocycles. The van der Waals surface area contributed by atoms with Crippen molar-refractivity contribution < 1.29 is 13.6 Å². The molecule has 0 spiro atoms. The molecule has 0 aromatic carbocycles. The van der Waals surface area contributed by atoms with Gasteiger partial charge in [-0.1, -0.05) is 0 Å². The minimum atomic E-state index is -1.96. The molecule has 11 heavy (non-hydrogen) atoms. The second-order valence-electron chi connectivity index (χ2n) is 1.95. The number of hydrogen-bond donors (Lipinski definition) is 0. The summed E-state index contributed by atoms with van der Waals surface area (Å²) in [7, 11) is -0.316. The summed E-state index contributed by atoms with van der Waals surface area (Å²) in [5.41, 5.74) is 0. The first kappa shape index (κ1) is 11.3. The van der Waals surface area contributed by atoms with Crippen LogP contribution in [0.15, 0.2) is 0 Å². The van der Waals surface area contributed by atoms with Gasteiger partial charge >= 0.3 is 7.94 Å². The van der Waals surface area contributed by atoms with Crippen LogP contribution in [0.1, 0.15) is 20.8 Å². The lowest BCUT2D eigenvalue weighted by Gasteiger charge is -2.17. The summed E-state index contributed by atoms with van der Waals surface area (Å²) in [5, 5.41) is 0. The summed E-state index contributed by atoms with van der Waals surface area (Å²) in [4.78, 5) is 0. The van der Waals surface area contributed by atoms with Gasteiger partial charge in [0.2, 0.25) is 0 Å². The predicted molar refractivity (Wildman–Crippen MR) is 47.7 cm³/mol. The minimum absolute atomic E-state index is 0.648. The number of hydrogen-bond acceptors (Lipinski definition) is 3. The first-order chi connectivity index (χ1) is 5.24. The molecule has 0 saturated carbocycles. The van der Waals surface area contributed by atoms with Gasteiger partial charge in [0.25, 0.3) is 0 Å². The standard InChI is InChI=1S/C7H18O3P/c1-5-9-11(7-3,8-4)10-6-2/h5-7H2,1-4H3/q+1. The van der Waals surface area contributed by atoms with Crippen molar-refractivity contribution in [1.29, 1.82) is 0 Å². The monoisotopic (exact) mass is 181 g/mol. The zero-order valence-electron chi connectivity index (χ0n) is 7.79. The van der Waals surface area contributed by atoms with Gasteiger partial charge in [0.1, 0.15) is 6.16 Å². The van der Waals surface area contributed by atoms with Crippen molar-refractivity contribution in [3.63, 3.8) is 0 Å². The van der Waals surface area contributed by atoms with Gasteiger partial charge < -0.3 is 0 Å². The lowest BCUT2D eigenvalue weighted by Crippen LogP contribution is -2.07. The molecule has 0 rings (SSSR count). The van der Waals surface area contributed by atoms with Crippen molar-refractivity contribution in [2.75, 3.05) is 26.5 Å². The van der Waals surface area contributed by atoms with E-state index in [4.69, 9.17) is 13.6 Å². The highest BCUT2D eigenvalue weighted by molar-refractivity contribution is 7.61. The van der Waals surface area contributed by atoms with Gasteiger partial charge in [0, 0.05) is 0 Å². The second-order valence-corrected chi connectivity index (χ2v) is 4.68. The Labute approximate surface area is 69.6 Å². The van der Waals surface area contributed by atoms with Crippen LogP contribution in [0.2, 0.25) is 0 Å². The molecule has 0 saturated heterocycles. The van der Waals surface area contributed by atoms with E-state index in [2.05, 4.69) is 0 Å². The Hall–Kier alpha value is 0.310. The molecule has 0 amide bonds. The quantitative estimate of drug-likeness (QED) is 0.589. The average molecular weight is 181 g/mol. The molecule has 0 heterocycles. The first-order valence-electron chi connectivity index (χ1n) is 3.97. The van der Waals surface area contributed by atoms with Crippen LogP contribution in [0, 0.1) is 0 Å². The van der Waals surface area contributed by atoms with Gasteiger partial charge in [-0.2, -0.15) is 13.6 Å². The van der Waals surface area contributed by atoms with Gasteiger partial charge in [0.15, 0.2) is 0 Å². The Balaban J connectivity index is 3.96. The molecule has 0 aliphatic rings. The minimum Gasteiger partial charge on any atom is -0.181 e. The third-order valence-electron chi connectivity index (χ3n) is 1.32. The smallest absolute Gasteiger partial charge is 0.181 e. The Kier molecular flexibility index (Phi) is 6.06. The van der Waals surface area contributed by atoms with E-state index in [1.165, 1.54) is 0 Å². The molecule has 0 radical (unpaired) electrons. The topological polar surface area (TPSA) is 27.7 Å². The third-order valence-corrected chi connectivity index (χ3v) is 3.95. The molecule has 0 aromatic heterocycles. The molecule has 68 valence electrons. The third kappa shape index (κ3) is 3.48. The summed E-state index contributed by atoms with van der Waals surface area (Å²) in [6.07, 6.45) is 0.811. The molecular formula is C7H18O3P+. The van der Waals surface area contributed by atoms with Crippen molar-refractivity contribution >= 4 is 7.94 Å². The summed E-state index contributed by atoms with van der Waals surface area (Å²) < 4.78 is 16.1. The van der Waals surface area contributed by atoms with Crippen LogP contribution in [0.4, 0.5) is 0 Å². The van der Waals surface area contributed by atoms with Crippen molar-refractivity contribution in [3.8, 4) is 0 Å². The van der Waals surface area contributed by atoms with Crippen molar-refractivity contribution in [3.05, 3.63) is 0 Å². The lowest BCUT2D eigenvalue weighted by molar-refractivity contribution is 0.169. The highest BCUT2D eigenvalue weighted by Gasteiger charge is 2.40. The van der Waals surface area contributed by atoms with Crippen LogP contribution < -0.4 is 0 Å². The molecule has 0 unspecified atom stereocenters. The average Bonchev–Trinajstić information content (AvgIpc) is 2.04. The van der Waals surface area contributed by atoms with Crippen LogP contribution in [-0.4, -0.2) is 26.5 Å². The normalized spacial score (nSPS) is 12.0. The number of rotatable bonds is 6. The van der Waals surface area contributed by atoms with Crippen LogP contribution in [0.5, 0.6) is 0 Å². The SMILES string of the molecule is CCO[P+](CC)(OC)OCC. The highest BCUT2D eigenvalue weighted by atomic mass is 31.2. The maximum Gasteiger partial charge on any atom is 0.410 e. The lowest BCUT2D eigenvalue weighted by atomic mass is 10.9. The van der Waals surface area contributed by atoms with Gasteiger partial charge in [-0.15, -0.1) is 0 Å². The second kappa shape index (κ2) is 5.90. The van der Waals surface area contributed by atoms with E-state index in [9.17, 15) is 0 Å². The first-order valence-corrected chi connectivity index (χ1v) is 5.70. The van der Waals surface area contributed by atoms with Gasteiger partial charge in [0.05, 0.1) is 20.3 Å². The van der Waals surface area contributed by atoms with Gasteiger partial charge in [-0.05, 0) is 20.8 Å². The Bertz CT molecular complexity index is 85.7. The largest absolute Gasteiger partial charge is 0.410 e. The van der Waals surface area contributed by atoms with Gasteiger partial charge in [-0.25, -0.2) is 0 Å². The Morgan fingerprint density at radius 2 is 1.45 bits per heavy atom. The highest BCUT2D eigenvalue weighted by Crippen LogP contribution is 2.60. The van der Waals surface area contributed by atoms with Crippen LogP contribution >= 0.6 is 7.94 Å². The summed E-state index contributed by atoms with van der Waals surface area (Å²) >= 11 is 0. The van der Waals surface area contributed by atoms with E-state index in [1.54, 1.807) is 7.11 Å². The van der Waals surface area contributed by atoms with E-state index in [1.807, 2.05) is 20.8 Å². The fourth-order valence-corrected chi connectivity index (χ4v) is 2.54. The van der Waals surface area contributed by atoms with Crippen molar-refractivity contribution in [1.82, 2.24) is 0 Å². The van der Waals surface area contributed by atoms with Crippen LogP contribution in [-0.2, 0) is 13.6 Å². The zero-order valence-corrected chi connectivity index (χ0v) is 8.69. The van der Waals surface area contributed by atoms with E-state index in [0.29, 0.717) is 13.2 Å².